The van der Waals surface area contributed by atoms with E-state index in [1.54, 1.807) is 7.05 Å². The molecular formula is C11H15F2NO2S. The van der Waals surface area contributed by atoms with Crippen molar-refractivity contribution in [2.24, 2.45) is 0 Å². The van der Waals surface area contributed by atoms with Gasteiger partial charge in [-0.3, -0.25) is 0 Å². The molecule has 1 aromatic carbocycles. The minimum absolute atomic E-state index is 0.0311. The summed E-state index contributed by atoms with van der Waals surface area (Å²) in [5.74, 6) is -1.37. The van der Waals surface area contributed by atoms with Gasteiger partial charge in [-0.25, -0.2) is 17.2 Å². The molecule has 1 aromatic rings. The van der Waals surface area contributed by atoms with Crippen molar-refractivity contribution in [3.63, 3.8) is 0 Å². The normalized spacial score (nSPS) is 13.6. The van der Waals surface area contributed by atoms with E-state index < -0.39 is 21.5 Å². The minimum Gasteiger partial charge on any atom is -0.313 e. The van der Waals surface area contributed by atoms with Gasteiger partial charge in [0.25, 0.3) is 0 Å². The number of halogens is 2. The lowest BCUT2D eigenvalue weighted by Gasteiger charge is -2.16. The van der Waals surface area contributed by atoms with Crippen LogP contribution in [0.1, 0.15) is 18.0 Å². The summed E-state index contributed by atoms with van der Waals surface area (Å²) >= 11 is 0. The molecule has 17 heavy (non-hydrogen) atoms. The summed E-state index contributed by atoms with van der Waals surface area (Å²) < 4.78 is 48.1. The Labute approximate surface area is 99.8 Å². The zero-order chi connectivity index (χ0) is 13.1. The summed E-state index contributed by atoms with van der Waals surface area (Å²) in [6.07, 6.45) is 1.41. The van der Waals surface area contributed by atoms with Crippen molar-refractivity contribution in [1.29, 1.82) is 0 Å². The van der Waals surface area contributed by atoms with Gasteiger partial charge in [0.05, 0.1) is 5.75 Å². The van der Waals surface area contributed by atoms with Crippen LogP contribution in [0.4, 0.5) is 8.78 Å². The lowest BCUT2D eigenvalue weighted by molar-refractivity contribution is 0.539. The molecule has 3 nitrogen and oxygen atoms in total. The Morgan fingerprint density at radius 3 is 2.18 bits per heavy atom. The van der Waals surface area contributed by atoms with E-state index in [2.05, 4.69) is 5.32 Å². The lowest BCUT2D eigenvalue weighted by atomic mass is 10.0. The van der Waals surface area contributed by atoms with Crippen molar-refractivity contribution in [2.75, 3.05) is 19.1 Å². The Balaban J connectivity index is 2.86. The van der Waals surface area contributed by atoms with Crippen molar-refractivity contribution in [3.05, 3.63) is 35.4 Å². The minimum atomic E-state index is -3.09. The van der Waals surface area contributed by atoms with E-state index in [1.165, 1.54) is 12.1 Å². The molecular weight excluding hydrogens is 248 g/mol. The summed E-state index contributed by atoms with van der Waals surface area (Å²) in [6.45, 7) is 0. The van der Waals surface area contributed by atoms with Gasteiger partial charge in [-0.05, 0) is 31.2 Å². The Kier molecular flexibility index (Phi) is 4.59. The van der Waals surface area contributed by atoms with Crippen molar-refractivity contribution in [1.82, 2.24) is 5.32 Å². The molecule has 1 N–H and O–H groups in total. The Morgan fingerprint density at radius 1 is 1.24 bits per heavy atom. The Bertz CT molecular complexity index is 468. The first-order valence-corrected chi connectivity index (χ1v) is 7.19. The van der Waals surface area contributed by atoms with Crippen molar-refractivity contribution in [3.8, 4) is 0 Å². The molecule has 1 rings (SSSR count). The molecule has 1 unspecified atom stereocenters. The van der Waals surface area contributed by atoms with Crippen LogP contribution >= 0.6 is 0 Å². The first-order valence-electron chi connectivity index (χ1n) is 5.13. The first-order chi connectivity index (χ1) is 7.81. The van der Waals surface area contributed by atoms with Gasteiger partial charge in [0, 0.05) is 18.4 Å². The molecule has 0 amide bonds. The van der Waals surface area contributed by atoms with E-state index >= 15 is 0 Å². The molecule has 0 saturated carbocycles. The summed E-state index contributed by atoms with van der Waals surface area (Å²) in [5.41, 5.74) is 0.411. The van der Waals surface area contributed by atoms with Gasteiger partial charge in [0.2, 0.25) is 0 Å². The maximum absolute atomic E-state index is 13.0. The zero-order valence-electron chi connectivity index (χ0n) is 9.70. The van der Waals surface area contributed by atoms with Gasteiger partial charge in [0.15, 0.2) is 0 Å². The van der Waals surface area contributed by atoms with E-state index in [1.807, 2.05) is 0 Å². The fourth-order valence-electron chi connectivity index (χ4n) is 1.59. The number of benzene rings is 1. The zero-order valence-corrected chi connectivity index (χ0v) is 10.5. The second-order valence-electron chi connectivity index (χ2n) is 3.96. The van der Waals surface area contributed by atoms with Crippen molar-refractivity contribution in [2.45, 2.75) is 12.5 Å². The van der Waals surface area contributed by atoms with Crippen molar-refractivity contribution < 1.29 is 17.2 Å². The fraction of sp³-hybridized carbons (Fsp3) is 0.455. The second-order valence-corrected chi connectivity index (χ2v) is 6.22. The number of sulfone groups is 1. The SMILES string of the molecule is CNC(CCS(C)(=O)=O)c1cc(F)cc(F)c1. The molecule has 96 valence electrons. The molecule has 0 aromatic heterocycles. The molecule has 0 bridgehead atoms. The third-order valence-electron chi connectivity index (χ3n) is 2.41. The fourth-order valence-corrected chi connectivity index (χ4v) is 2.25. The highest BCUT2D eigenvalue weighted by atomic mass is 32.2. The quantitative estimate of drug-likeness (QED) is 0.879. The van der Waals surface area contributed by atoms with Gasteiger partial charge < -0.3 is 5.32 Å². The highest BCUT2D eigenvalue weighted by molar-refractivity contribution is 7.90. The predicted molar refractivity (Wildman–Crippen MR) is 62.5 cm³/mol. The van der Waals surface area contributed by atoms with E-state index in [0.29, 0.717) is 5.56 Å². The molecule has 0 aliphatic rings. The maximum Gasteiger partial charge on any atom is 0.147 e. The third-order valence-corrected chi connectivity index (χ3v) is 3.39. The van der Waals surface area contributed by atoms with Crippen LogP contribution in [0.3, 0.4) is 0 Å². The monoisotopic (exact) mass is 263 g/mol. The molecule has 0 heterocycles. The predicted octanol–water partition coefficient (Wildman–Crippen LogP) is 1.66. The largest absolute Gasteiger partial charge is 0.313 e. The molecule has 0 aliphatic heterocycles. The van der Waals surface area contributed by atoms with E-state index in [4.69, 9.17) is 0 Å². The Hall–Kier alpha value is -1.01. The topological polar surface area (TPSA) is 46.2 Å². The summed E-state index contributed by atoms with van der Waals surface area (Å²) in [7, 11) is -1.46. The smallest absolute Gasteiger partial charge is 0.147 e. The van der Waals surface area contributed by atoms with Gasteiger partial charge >= 0.3 is 0 Å². The van der Waals surface area contributed by atoms with E-state index in [-0.39, 0.29) is 18.2 Å². The Morgan fingerprint density at radius 2 is 1.76 bits per heavy atom. The molecule has 6 heteroatoms. The number of hydrogen-bond donors (Lipinski definition) is 1. The first kappa shape index (κ1) is 14.1. The second kappa shape index (κ2) is 5.55. The molecule has 0 saturated heterocycles. The number of nitrogens with one attached hydrogen (secondary N) is 1. The lowest BCUT2D eigenvalue weighted by Crippen LogP contribution is -2.20. The number of rotatable bonds is 5. The van der Waals surface area contributed by atoms with Crippen LogP contribution in [0.15, 0.2) is 18.2 Å². The molecule has 0 fully saturated rings. The molecule has 0 radical (unpaired) electrons. The van der Waals surface area contributed by atoms with Gasteiger partial charge in [-0.15, -0.1) is 0 Å². The van der Waals surface area contributed by atoms with Crippen LogP contribution in [-0.2, 0) is 9.84 Å². The van der Waals surface area contributed by atoms with Crippen LogP contribution in [0, 0.1) is 11.6 Å². The molecule has 0 aliphatic carbocycles. The average Bonchev–Trinajstić information content (AvgIpc) is 2.15. The summed E-state index contributed by atoms with van der Waals surface area (Å²) in [6, 6.07) is 2.81. The summed E-state index contributed by atoms with van der Waals surface area (Å²) in [4.78, 5) is 0. The van der Waals surface area contributed by atoms with Crippen LogP contribution in [-0.4, -0.2) is 27.5 Å². The molecule has 1 atom stereocenters. The van der Waals surface area contributed by atoms with Crippen LogP contribution in [0.5, 0.6) is 0 Å². The highest BCUT2D eigenvalue weighted by Crippen LogP contribution is 2.19. The standard InChI is InChI=1S/C11H15F2NO2S/c1-14-11(3-4-17(2,15)16)8-5-9(12)7-10(13)6-8/h5-7,11,14H,3-4H2,1-2H3. The average molecular weight is 263 g/mol. The van der Waals surface area contributed by atoms with Crippen molar-refractivity contribution >= 4 is 9.84 Å². The van der Waals surface area contributed by atoms with Gasteiger partial charge in [-0.2, -0.15) is 0 Å². The third kappa shape index (κ3) is 4.79. The van der Waals surface area contributed by atoms with Crippen LogP contribution in [0.2, 0.25) is 0 Å². The van der Waals surface area contributed by atoms with E-state index in [0.717, 1.165) is 12.3 Å². The van der Waals surface area contributed by atoms with E-state index in [9.17, 15) is 17.2 Å². The highest BCUT2D eigenvalue weighted by Gasteiger charge is 2.14. The molecule has 0 spiro atoms. The van der Waals surface area contributed by atoms with Gasteiger partial charge in [-0.1, -0.05) is 0 Å². The van der Waals surface area contributed by atoms with Crippen LogP contribution in [0.25, 0.3) is 0 Å². The summed E-state index contributed by atoms with van der Waals surface area (Å²) in [5, 5.41) is 2.85. The maximum atomic E-state index is 13.0. The van der Waals surface area contributed by atoms with Crippen LogP contribution < -0.4 is 5.32 Å². The number of hydrogen-bond acceptors (Lipinski definition) is 3. The van der Waals surface area contributed by atoms with Gasteiger partial charge in [0.1, 0.15) is 21.5 Å².